The predicted molar refractivity (Wildman–Crippen MR) is 77.5 cm³/mol. The van der Waals surface area contributed by atoms with Crippen LogP contribution in [-0.2, 0) is 10.2 Å². The first kappa shape index (κ1) is 13.1. The third-order valence-electron chi connectivity index (χ3n) is 4.82. The number of aromatic nitrogens is 1. The summed E-state index contributed by atoms with van der Waals surface area (Å²) in [6.07, 6.45) is 11.7. The molecule has 1 aromatic rings. The molecular formula is C15H22N2OS. The number of likely N-dealkylation sites (N-methyl/N-ethyl adjacent to an activating group) is 1. The van der Waals surface area contributed by atoms with Gasteiger partial charge in [0.15, 0.2) is 0 Å². The standard InChI is InChI=1S/C15H22N2OS/c1-16-14(18)15(8-5-9-15)12-10-17-13(19-12)11-6-3-2-4-7-11/h10-11H,2-9H2,1H3,(H,16,18). The first-order chi connectivity index (χ1) is 9.26. The number of nitrogens with one attached hydrogen (secondary N) is 1. The molecule has 0 saturated heterocycles. The van der Waals surface area contributed by atoms with Crippen molar-refractivity contribution < 1.29 is 4.79 Å². The van der Waals surface area contributed by atoms with Crippen LogP contribution >= 0.6 is 11.3 Å². The van der Waals surface area contributed by atoms with E-state index in [0.29, 0.717) is 5.92 Å². The molecule has 0 spiro atoms. The van der Waals surface area contributed by atoms with Gasteiger partial charge >= 0.3 is 0 Å². The van der Waals surface area contributed by atoms with E-state index < -0.39 is 0 Å². The van der Waals surface area contributed by atoms with E-state index >= 15 is 0 Å². The van der Waals surface area contributed by atoms with Crippen LogP contribution in [0.4, 0.5) is 0 Å². The zero-order chi connectivity index (χ0) is 13.3. The van der Waals surface area contributed by atoms with E-state index in [4.69, 9.17) is 0 Å². The SMILES string of the molecule is CNC(=O)C1(c2cnc(C3CCCCC3)s2)CCC1. The van der Waals surface area contributed by atoms with Gasteiger partial charge in [0, 0.05) is 24.0 Å². The molecule has 4 heteroatoms. The van der Waals surface area contributed by atoms with Gasteiger partial charge in [-0.25, -0.2) is 4.98 Å². The summed E-state index contributed by atoms with van der Waals surface area (Å²) in [5.41, 5.74) is -0.251. The van der Waals surface area contributed by atoms with Crippen molar-refractivity contribution in [2.45, 2.75) is 62.7 Å². The van der Waals surface area contributed by atoms with Gasteiger partial charge in [-0.05, 0) is 25.7 Å². The average molecular weight is 278 g/mol. The Kier molecular flexibility index (Phi) is 3.61. The Morgan fingerprint density at radius 1 is 1.32 bits per heavy atom. The van der Waals surface area contributed by atoms with Crippen LogP contribution < -0.4 is 5.32 Å². The van der Waals surface area contributed by atoms with E-state index in [1.807, 2.05) is 6.20 Å². The maximum absolute atomic E-state index is 12.2. The lowest BCUT2D eigenvalue weighted by atomic mass is 9.67. The second-order valence-corrected chi connectivity index (χ2v) is 6.97. The molecule has 2 aliphatic carbocycles. The lowest BCUT2D eigenvalue weighted by molar-refractivity contribution is -0.129. The van der Waals surface area contributed by atoms with Gasteiger partial charge in [-0.3, -0.25) is 4.79 Å². The minimum atomic E-state index is -0.251. The smallest absolute Gasteiger partial charge is 0.231 e. The number of amides is 1. The Hall–Kier alpha value is -0.900. The van der Waals surface area contributed by atoms with Gasteiger partial charge in [0.05, 0.1) is 10.4 Å². The van der Waals surface area contributed by atoms with Gasteiger partial charge in [-0.1, -0.05) is 25.7 Å². The zero-order valence-corrected chi connectivity index (χ0v) is 12.4. The van der Waals surface area contributed by atoms with E-state index in [1.54, 1.807) is 18.4 Å². The maximum atomic E-state index is 12.2. The Balaban J connectivity index is 1.82. The number of rotatable bonds is 3. The Morgan fingerprint density at radius 3 is 2.63 bits per heavy atom. The lowest BCUT2D eigenvalue weighted by Gasteiger charge is -2.38. The van der Waals surface area contributed by atoms with Gasteiger partial charge in [-0.15, -0.1) is 11.3 Å². The molecule has 2 aliphatic rings. The van der Waals surface area contributed by atoms with Crippen molar-refractivity contribution in [1.29, 1.82) is 0 Å². The van der Waals surface area contributed by atoms with Crippen molar-refractivity contribution in [2.24, 2.45) is 0 Å². The molecule has 3 nitrogen and oxygen atoms in total. The third kappa shape index (κ3) is 2.20. The molecule has 0 bridgehead atoms. The molecule has 3 rings (SSSR count). The van der Waals surface area contributed by atoms with Crippen LogP contribution in [0.1, 0.15) is 67.2 Å². The van der Waals surface area contributed by atoms with Crippen molar-refractivity contribution in [3.8, 4) is 0 Å². The van der Waals surface area contributed by atoms with E-state index in [-0.39, 0.29) is 11.3 Å². The van der Waals surface area contributed by atoms with Crippen molar-refractivity contribution in [3.05, 3.63) is 16.1 Å². The highest BCUT2D eigenvalue weighted by molar-refractivity contribution is 7.12. The van der Waals surface area contributed by atoms with Crippen LogP contribution in [0.15, 0.2) is 6.20 Å². The number of carbonyl (C=O) groups excluding carboxylic acids is 1. The molecule has 2 fully saturated rings. The summed E-state index contributed by atoms with van der Waals surface area (Å²) in [7, 11) is 1.74. The van der Waals surface area contributed by atoms with Crippen molar-refractivity contribution in [1.82, 2.24) is 10.3 Å². The molecule has 1 amide bonds. The van der Waals surface area contributed by atoms with Crippen LogP contribution in [-0.4, -0.2) is 17.9 Å². The van der Waals surface area contributed by atoms with Crippen molar-refractivity contribution in [2.75, 3.05) is 7.05 Å². The molecule has 0 unspecified atom stereocenters. The first-order valence-corrected chi connectivity index (χ1v) is 8.26. The third-order valence-corrected chi connectivity index (χ3v) is 6.18. The first-order valence-electron chi connectivity index (χ1n) is 7.45. The van der Waals surface area contributed by atoms with Gasteiger partial charge in [0.2, 0.25) is 5.91 Å². The van der Waals surface area contributed by atoms with Crippen LogP contribution in [0.2, 0.25) is 0 Å². The highest BCUT2D eigenvalue weighted by atomic mass is 32.1. The number of hydrogen-bond donors (Lipinski definition) is 1. The van der Waals surface area contributed by atoms with Crippen LogP contribution in [0.3, 0.4) is 0 Å². The summed E-state index contributed by atoms with van der Waals surface area (Å²) >= 11 is 1.79. The van der Waals surface area contributed by atoms with Crippen LogP contribution in [0, 0.1) is 0 Å². The number of carbonyl (C=O) groups is 1. The summed E-state index contributed by atoms with van der Waals surface area (Å²) in [6, 6.07) is 0. The monoisotopic (exact) mass is 278 g/mol. The van der Waals surface area contributed by atoms with Gasteiger partial charge in [0.25, 0.3) is 0 Å². The van der Waals surface area contributed by atoms with E-state index in [1.165, 1.54) is 42.0 Å². The summed E-state index contributed by atoms with van der Waals surface area (Å²) in [5, 5.41) is 4.10. The molecule has 19 heavy (non-hydrogen) atoms. The molecule has 0 aliphatic heterocycles. The molecule has 0 atom stereocenters. The predicted octanol–water partition coefficient (Wildman–Crippen LogP) is 3.36. The summed E-state index contributed by atoms with van der Waals surface area (Å²) in [4.78, 5) is 18.0. The van der Waals surface area contributed by atoms with Crippen LogP contribution in [0.5, 0.6) is 0 Å². The number of nitrogens with zero attached hydrogens (tertiary/aromatic N) is 1. The molecule has 2 saturated carbocycles. The van der Waals surface area contributed by atoms with E-state index in [9.17, 15) is 4.79 Å². The fourth-order valence-electron chi connectivity index (χ4n) is 3.40. The van der Waals surface area contributed by atoms with Crippen molar-refractivity contribution >= 4 is 17.2 Å². The van der Waals surface area contributed by atoms with Gasteiger partial charge in [0.1, 0.15) is 0 Å². The minimum Gasteiger partial charge on any atom is -0.358 e. The molecular weight excluding hydrogens is 256 g/mol. The fraction of sp³-hybridized carbons (Fsp3) is 0.733. The Labute approximate surface area is 118 Å². The van der Waals surface area contributed by atoms with E-state index in [0.717, 1.165) is 19.3 Å². The topological polar surface area (TPSA) is 42.0 Å². The quantitative estimate of drug-likeness (QED) is 0.921. The Morgan fingerprint density at radius 2 is 2.05 bits per heavy atom. The second-order valence-electron chi connectivity index (χ2n) is 5.91. The second kappa shape index (κ2) is 5.23. The molecule has 0 aromatic carbocycles. The Bertz CT molecular complexity index is 458. The summed E-state index contributed by atoms with van der Waals surface area (Å²) in [5.74, 6) is 0.826. The van der Waals surface area contributed by atoms with E-state index in [2.05, 4.69) is 10.3 Å². The maximum Gasteiger partial charge on any atom is 0.231 e. The number of thiazole rings is 1. The normalized spacial score (nSPS) is 22.8. The average Bonchev–Trinajstić information content (AvgIpc) is 2.88. The van der Waals surface area contributed by atoms with Crippen molar-refractivity contribution in [3.63, 3.8) is 0 Å². The lowest BCUT2D eigenvalue weighted by Crippen LogP contribution is -2.47. The summed E-state index contributed by atoms with van der Waals surface area (Å²) < 4.78 is 0. The number of hydrogen-bond acceptors (Lipinski definition) is 3. The minimum absolute atomic E-state index is 0.178. The fourth-order valence-corrected chi connectivity index (χ4v) is 4.73. The molecule has 104 valence electrons. The zero-order valence-electron chi connectivity index (χ0n) is 11.6. The molecule has 0 radical (unpaired) electrons. The highest BCUT2D eigenvalue weighted by Gasteiger charge is 2.46. The van der Waals surface area contributed by atoms with Gasteiger partial charge < -0.3 is 5.32 Å². The largest absolute Gasteiger partial charge is 0.358 e. The molecule has 1 heterocycles. The highest BCUT2D eigenvalue weighted by Crippen LogP contribution is 2.47. The summed E-state index contributed by atoms with van der Waals surface area (Å²) in [6.45, 7) is 0. The van der Waals surface area contributed by atoms with Gasteiger partial charge in [-0.2, -0.15) is 0 Å². The molecule has 1 aromatic heterocycles. The molecule has 1 N–H and O–H groups in total. The van der Waals surface area contributed by atoms with Crippen LogP contribution in [0.25, 0.3) is 0 Å².